The van der Waals surface area contributed by atoms with Crippen molar-refractivity contribution in [2.45, 2.75) is 27.3 Å². The number of benzene rings is 2. The first kappa shape index (κ1) is 14.6. The highest BCUT2D eigenvalue weighted by Gasteiger charge is 2.11. The van der Waals surface area contributed by atoms with Crippen LogP contribution in [0.25, 0.3) is 0 Å². The molecule has 0 unspecified atom stereocenters. The van der Waals surface area contributed by atoms with E-state index in [4.69, 9.17) is 0 Å². The van der Waals surface area contributed by atoms with Gasteiger partial charge in [0.05, 0.1) is 0 Å². The Labute approximate surface area is 122 Å². The summed E-state index contributed by atoms with van der Waals surface area (Å²) in [4.78, 5) is 2.37. The van der Waals surface area contributed by atoms with E-state index >= 15 is 0 Å². The number of hydrogen-bond acceptors (Lipinski definition) is 2. The maximum atomic E-state index is 3.27. The first-order valence-electron chi connectivity index (χ1n) is 7.24. The zero-order valence-electron chi connectivity index (χ0n) is 12.9. The minimum Gasteiger partial charge on any atom is -0.341 e. The van der Waals surface area contributed by atoms with Crippen molar-refractivity contribution in [2.24, 2.45) is 0 Å². The van der Waals surface area contributed by atoms with Crippen LogP contribution in [0.1, 0.15) is 23.6 Å². The minimum atomic E-state index is 0.888. The predicted octanol–water partition coefficient (Wildman–Crippen LogP) is 4.18. The number of aryl methyl sites for hydroxylation is 2. The smallest absolute Gasteiger partial charge is 0.0456 e. The average Bonchev–Trinajstić information content (AvgIpc) is 2.42. The summed E-state index contributed by atoms with van der Waals surface area (Å²) in [5, 5.41) is 3.27. The second kappa shape index (κ2) is 6.58. The lowest BCUT2D eigenvalue weighted by atomic mass is 10.1. The Hall–Kier alpha value is -1.80. The topological polar surface area (TPSA) is 15.3 Å². The molecule has 2 aromatic carbocycles. The summed E-state index contributed by atoms with van der Waals surface area (Å²) in [7, 11) is 2.00. The molecule has 106 valence electrons. The van der Waals surface area contributed by atoms with E-state index in [0.717, 1.165) is 13.1 Å². The molecular formula is C18H24N2. The molecule has 0 aliphatic heterocycles. The monoisotopic (exact) mass is 268 g/mol. The molecule has 0 heterocycles. The van der Waals surface area contributed by atoms with Gasteiger partial charge in [0.15, 0.2) is 0 Å². The molecule has 2 aromatic rings. The maximum absolute atomic E-state index is 3.27. The maximum Gasteiger partial charge on any atom is 0.0456 e. The fraction of sp³-hybridized carbons (Fsp3) is 0.333. The molecule has 0 saturated heterocycles. The average molecular weight is 268 g/mol. The predicted molar refractivity (Wildman–Crippen MR) is 87.8 cm³/mol. The first-order valence-corrected chi connectivity index (χ1v) is 7.24. The largest absolute Gasteiger partial charge is 0.341 e. The molecule has 0 fully saturated rings. The number of hydrogen-bond donors (Lipinski definition) is 1. The van der Waals surface area contributed by atoms with Gasteiger partial charge in [0.2, 0.25) is 0 Å². The van der Waals surface area contributed by atoms with Crippen LogP contribution in [0, 0.1) is 13.8 Å². The van der Waals surface area contributed by atoms with Crippen LogP contribution in [-0.2, 0) is 6.54 Å². The van der Waals surface area contributed by atoms with E-state index in [9.17, 15) is 0 Å². The Kier molecular flexibility index (Phi) is 4.80. The third kappa shape index (κ3) is 3.20. The van der Waals surface area contributed by atoms with E-state index in [2.05, 4.69) is 73.5 Å². The Bertz CT molecular complexity index is 575. The third-order valence-corrected chi connectivity index (χ3v) is 3.52. The van der Waals surface area contributed by atoms with Gasteiger partial charge in [-0.25, -0.2) is 0 Å². The highest BCUT2D eigenvalue weighted by atomic mass is 15.1. The van der Waals surface area contributed by atoms with Crippen molar-refractivity contribution in [3.63, 3.8) is 0 Å². The molecule has 0 atom stereocenters. The number of nitrogens with one attached hydrogen (secondary N) is 1. The van der Waals surface area contributed by atoms with E-state index < -0.39 is 0 Å². The van der Waals surface area contributed by atoms with Crippen molar-refractivity contribution >= 4 is 11.4 Å². The molecule has 2 rings (SSSR count). The lowest BCUT2D eigenvalue weighted by molar-refractivity contribution is 0.812. The molecule has 0 aliphatic carbocycles. The molecule has 0 spiro atoms. The highest BCUT2D eigenvalue weighted by molar-refractivity contribution is 5.67. The summed E-state index contributed by atoms with van der Waals surface area (Å²) in [5.74, 6) is 0. The van der Waals surface area contributed by atoms with Gasteiger partial charge in [0.1, 0.15) is 0 Å². The zero-order valence-corrected chi connectivity index (χ0v) is 12.9. The van der Waals surface area contributed by atoms with Crippen LogP contribution in [0.3, 0.4) is 0 Å². The van der Waals surface area contributed by atoms with E-state index in [1.165, 1.54) is 28.1 Å². The van der Waals surface area contributed by atoms with E-state index in [1.54, 1.807) is 0 Å². The van der Waals surface area contributed by atoms with Gasteiger partial charge in [-0.1, -0.05) is 29.8 Å². The molecule has 1 N–H and O–H groups in total. The fourth-order valence-electron chi connectivity index (χ4n) is 2.60. The number of anilines is 2. The molecule has 0 aliphatic rings. The fourth-order valence-corrected chi connectivity index (χ4v) is 2.60. The van der Waals surface area contributed by atoms with E-state index in [-0.39, 0.29) is 0 Å². The molecule has 0 amide bonds. The van der Waals surface area contributed by atoms with Gasteiger partial charge in [-0.15, -0.1) is 0 Å². The minimum absolute atomic E-state index is 0.888. The Morgan fingerprint density at radius 2 is 1.75 bits per heavy atom. The van der Waals surface area contributed by atoms with Gasteiger partial charge in [0.25, 0.3) is 0 Å². The van der Waals surface area contributed by atoms with Crippen LogP contribution >= 0.6 is 0 Å². The quantitative estimate of drug-likeness (QED) is 0.875. The highest BCUT2D eigenvalue weighted by Crippen LogP contribution is 2.29. The van der Waals surface area contributed by atoms with Gasteiger partial charge in [-0.05, 0) is 57.1 Å². The first-order chi connectivity index (χ1) is 9.65. The Balaban J connectivity index is 2.46. The summed E-state index contributed by atoms with van der Waals surface area (Å²) < 4.78 is 0. The van der Waals surface area contributed by atoms with E-state index in [0.29, 0.717) is 0 Å². The number of rotatable bonds is 5. The molecule has 2 nitrogen and oxygen atoms in total. The summed E-state index contributed by atoms with van der Waals surface area (Å²) in [6.07, 6.45) is 0. The van der Waals surface area contributed by atoms with Crippen LogP contribution in [0.4, 0.5) is 11.4 Å². The van der Waals surface area contributed by atoms with Gasteiger partial charge >= 0.3 is 0 Å². The second-order valence-corrected chi connectivity index (χ2v) is 5.25. The van der Waals surface area contributed by atoms with Crippen LogP contribution in [-0.4, -0.2) is 13.6 Å². The van der Waals surface area contributed by atoms with Crippen LogP contribution in [0.15, 0.2) is 42.5 Å². The summed E-state index contributed by atoms with van der Waals surface area (Å²) in [6, 6.07) is 15.4. The third-order valence-electron chi connectivity index (χ3n) is 3.52. The van der Waals surface area contributed by atoms with Crippen LogP contribution < -0.4 is 10.2 Å². The molecule has 20 heavy (non-hydrogen) atoms. The van der Waals surface area contributed by atoms with Crippen molar-refractivity contribution in [3.05, 3.63) is 59.2 Å². The van der Waals surface area contributed by atoms with Gasteiger partial charge in [-0.3, -0.25) is 0 Å². The normalized spacial score (nSPS) is 10.6. The zero-order chi connectivity index (χ0) is 14.5. The standard InChI is InChI=1S/C18H24N2/c1-5-20(17-8-6-7-14(2)12-17)18-10-9-15(3)11-16(18)13-19-4/h6-12,19H,5,13H2,1-4H3. The molecule has 0 bridgehead atoms. The van der Waals surface area contributed by atoms with Crippen LogP contribution in [0.2, 0.25) is 0 Å². The van der Waals surface area contributed by atoms with Crippen LogP contribution in [0.5, 0.6) is 0 Å². The second-order valence-electron chi connectivity index (χ2n) is 5.25. The number of nitrogens with zero attached hydrogens (tertiary/aromatic N) is 1. The lowest BCUT2D eigenvalue weighted by Gasteiger charge is -2.26. The molecule has 0 radical (unpaired) electrons. The van der Waals surface area contributed by atoms with Gasteiger partial charge < -0.3 is 10.2 Å². The van der Waals surface area contributed by atoms with Gasteiger partial charge in [-0.2, -0.15) is 0 Å². The van der Waals surface area contributed by atoms with Crippen molar-refractivity contribution in [1.82, 2.24) is 5.32 Å². The van der Waals surface area contributed by atoms with E-state index in [1.807, 2.05) is 7.05 Å². The molecule has 0 saturated carbocycles. The summed E-state index contributed by atoms with van der Waals surface area (Å²) >= 11 is 0. The molecule has 2 heteroatoms. The van der Waals surface area contributed by atoms with Crippen molar-refractivity contribution in [2.75, 3.05) is 18.5 Å². The Morgan fingerprint density at radius 3 is 2.40 bits per heavy atom. The summed E-state index contributed by atoms with van der Waals surface area (Å²) in [5.41, 5.74) is 6.49. The Morgan fingerprint density at radius 1 is 1.00 bits per heavy atom. The summed E-state index contributed by atoms with van der Waals surface area (Å²) in [6.45, 7) is 8.33. The van der Waals surface area contributed by atoms with Crippen molar-refractivity contribution in [1.29, 1.82) is 0 Å². The molecular weight excluding hydrogens is 244 g/mol. The lowest BCUT2D eigenvalue weighted by Crippen LogP contribution is -2.19. The van der Waals surface area contributed by atoms with Crippen molar-refractivity contribution < 1.29 is 0 Å². The SMILES string of the molecule is CCN(c1cccc(C)c1)c1ccc(C)cc1CNC. The van der Waals surface area contributed by atoms with Crippen molar-refractivity contribution in [3.8, 4) is 0 Å². The van der Waals surface area contributed by atoms with Gasteiger partial charge in [0, 0.05) is 24.5 Å². The molecule has 0 aromatic heterocycles.